The molecule has 0 amide bonds. The molecule has 6 nitrogen and oxygen atoms in total. The van der Waals surface area contributed by atoms with Crippen LogP contribution in [-0.4, -0.2) is 36.8 Å². The predicted molar refractivity (Wildman–Crippen MR) is 100 cm³/mol. The molecule has 0 saturated heterocycles. The first kappa shape index (κ1) is 17.5. The van der Waals surface area contributed by atoms with E-state index in [-0.39, 0.29) is 18.6 Å². The van der Waals surface area contributed by atoms with Crippen molar-refractivity contribution in [2.75, 3.05) is 30.3 Å². The quantitative estimate of drug-likeness (QED) is 0.628. The summed E-state index contributed by atoms with van der Waals surface area (Å²) >= 11 is 1.41. The lowest BCUT2D eigenvalue weighted by molar-refractivity contribution is -0.142. The first-order chi connectivity index (χ1) is 12.1. The van der Waals surface area contributed by atoms with Crippen molar-refractivity contribution in [1.29, 1.82) is 0 Å². The van der Waals surface area contributed by atoms with Crippen LogP contribution in [0.4, 0.5) is 10.8 Å². The molecular formula is C18H23N3O3S. The van der Waals surface area contributed by atoms with Gasteiger partial charge in [0.1, 0.15) is 18.4 Å². The first-order valence-corrected chi connectivity index (χ1v) is 9.37. The Morgan fingerprint density at radius 2 is 2.36 bits per heavy atom. The third-order valence-corrected chi connectivity index (χ3v) is 4.68. The van der Waals surface area contributed by atoms with Crippen LogP contribution in [0.5, 0.6) is 5.75 Å². The monoisotopic (exact) mass is 361 g/mol. The van der Waals surface area contributed by atoms with Crippen LogP contribution in [0.15, 0.2) is 23.6 Å². The van der Waals surface area contributed by atoms with Crippen molar-refractivity contribution in [3.05, 3.63) is 23.6 Å². The van der Waals surface area contributed by atoms with E-state index >= 15 is 0 Å². The Morgan fingerprint density at radius 1 is 1.52 bits per heavy atom. The number of ether oxygens (including phenoxy) is 2. The Morgan fingerprint density at radius 3 is 3.08 bits per heavy atom. The minimum absolute atomic E-state index is 0.0108. The Labute approximate surface area is 151 Å². The fraction of sp³-hybridized carbons (Fsp3) is 0.444. The molecule has 0 fully saturated rings. The summed E-state index contributed by atoms with van der Waals surface area (Å²) in [5, 5.41) is 2.46. The highest BCUT2D eigenvalue weighted by Gasteiger charge is 2.25. The Bertz CT molecular complexity index is 747. The van der Waals surface area contributed by atoms with Crippen molar-refractivity contribution in [3.63, 3.8) is 0 Å². The van der Waals surface area contributed by atoms with E-state index in [2.05, 4.69) is 11.9 Å². The summed E-state index contributed by atoms with van der Waals surface area (Å²) in [5.41, 5.74) is 8.40. The standard InChI is InChI=1S/C18H23N3O3S/c1-3-4-7-23-17(22)10-21-9-12(2)24-16-6-5-13(8-15(16)21)14-11-25-18(19)20-14/h5-6,8,11-12H,3-4,7,9-10H2,1-2H3,(H2,19,20). The van der Waals surface area contributed by atoms with Gasteiger partial charge in [-0.1, -0.05) is 13.3 Å². The van der Waals surface area contributed by atoms with Crippen molar-refractivity contribution >= 4 is 28.1 Å². The van der Waals surface area contributed by atoms with Gasteiger partial charge in [-0.3, -0.25) is 4.79 Å². The SMILES string of the molecule is CCCCOC(=O)CN1CC(C)Oc2ccc(-c3csc(N)n3)cc21. The topological polar surface area (TPSA) is 77.7 Å². The number of carbonyl (C=O) groups excluding carboxylic acids is 1. The molecule has 0 bridgehead atoms. The van der Waals surface area contributed by atoms with Crippen LogP contribution < -0.4 is 15.4 Å². The van der Waals surface area contributed by atoms with Crippen molar-refractivity contribution in [3.8, 4) is 17.0 Å². The van der Waals surface area contributed by atoms with E-state index < -0.39 is 0 Å². The van der Waals surface area contributed by atoms with E-state index in [4.69, 9.17) is 15.2 Å². The Kier molecular flexibility index (Phi) is 5.43. The lowest BCUT2D eigenvalue weighted by atomic mass is 10.1. The Hall–Kier alpha value is -2.28. The second kappa shape index (κ2) is 7.74. The zero-order valence-electron chi connectivity index (χ0n) is 14.5. The van der Waals surface area contributed by atoms with Crippen LogP contribution in [0, 0.1) is 0 Å². The molecule has 0 spiro atoms. The number of rotatable bonds is 6. The number of nitrogens with zero attached hydrogens (tertiary/aromatic N) is 2. The number of hydrogen-bond acceptors (Lipinski definition) is 7. The lowest BCUT2D eigenvalue weighted by Crippen LogP contribution is -2.41. The van der Waals surface area contributed by atoms with E-state index in [0.29, 0.717) is 18.3 Å². The van der Waals surface area contributed by atoms with Crippen molar-refractivity contribution in [2.24, 2.45) is 0 Å². The molecule has 1 atom stereocenters. The molecule has 2 N–H and O–H groups in total. The van der Waals surface area contributed by atoms with Gasteiger partial charge in [-0.25, -0.2) is 4.98 Å². The number of nitrogens with two attached hydrogens (primary N) is 1. The fourth-order valence-corrected chi connectivity index (χ4v) is 3.36. The van der Waals surface area contributed by atoms with E-state index in [9.17, 15) is 4.79 Å². The minimum atomic E-state index is -0.211. The molecule has 0 radical (unpaired) electrons. The third kappa shape index (κ3) is 4.22. The van der Waals surface area contributed by atoms with Crippen LogP contribution in [0.1, 0.15) is 26.7 Å². The molecule has 2 heterocycles. The largest absolute Gasteiger partial charge is 0.487 e. The average Bonchev–Trinajstić information content (AvgIpc) is 3.01. The van der Waals surface area contributed by atoms with Crippen molar-refractivity contribution < 1.29 is 14.3 Å². The number of esters is 1. The third-order valence-electron chi connectivity index (χ3n) is 4.00. The van der Waals surface area contributed by atoms with E-state index in [0.717, 1.165) is 35.5 Å². The number of hydrogen-bond donors (Lipinski definition) is 1. The number of aromatic nitrogens is 1. The molecule has 1 unspecified atom stereocenters. The maximum absolute atomic E-state index is 12.1. The molecular weight excluding hydrogens is 338 g/mol. The second-order valence-electron chi connectivity index (χ2n) is 6.14. The smallest absolute Gasteiger partial charge is 0.325 e. The first-order valence-electron chi connectivity index (χ1n) is 8.49. The van der Waals surface area contributed by atoms with E-state index in [1.807, 2.05) is 35.4 Å². The van der Waals surface area contributed by atoms with Gasteiger partial charge in [-0.05, 0) is 31.5 Å². The van der Waals surface area contributed by atoms with Gasteiger partial charge in [0.15, 0.2) is 5.13 Å². The van der Waals surface area contributed by atoms with Gasteiger partial charge in [0.2, 0.25) is 0 Å². The molecule has 7 heteroatoms. The summed E-state index contributed by atoms with van der Waals surface area (Å²) < 4.78 is 11.2. The maximum Gasteiger partial charge on any atom is 0.325 e. The van der Waals surface area contributed by atoms with Crippen LogP contribution in [0.3, 0.4) is 0 Å². The summed E-state index contributed by atoms with van der Waals surface area (Å²) in [6, 6.07) is 5.88. The molecule has 1 aromatic heterocycles. The molecule has 2 aromatic rings. The number of benzene rings is 1. The lowest BCUT2D eigenvalue weighted by Gasteiger charge is -2.34. The fourth-order valence-electron chi connectivity index (χ4n) is 2.79. The summed E-state index contributed by atoms with van der Waals surface area (Å²) in [6.07, 6.45) is 1.90. The van der Waals surface area contributed by atoms with Gasteiger partial charge in [-0.15, -0.1) is 11.3 Å². The highest BCUT2D eigenvalue weighted by atomic mass is 32.1. The van der Waals surface area contributed by atoms with Crippen LogP contribution in [0.25, 0.3) is 11.3 Å². The zero-order chi connectivity index (χ0) is 17.8. The summed E-state index contributed by atoms with van der Waals surface area (Å²) in [5.74, 6) is 0.559. The number of unbranched alkanes of at least 4 members (excludes halogenated alkanes) is 1. The number of nitrogen functional groups attached to an aromatic ring is 1. The normalized spacial score (nSPS) is 16.2. The van der Waals surface area contributed by atoms with Crippen LogP contribution >= 0.6 is 11.3 Å². The minimum Gasteiger partial charge on any atom is -0.487 e. The molecule has 25 heavy (non-hydrogen) atoms. The van der Waals surface area contributed by atoms with Gasteiger partial charge < -0.3 is 20.1 Å². The molecule has 134 valence electrons. The van der Waals surface area contributed by atoms with Gasteiger partial charge in [-0.2, -0.15) is 0 Å². The highest BCUT2D eigenvalue weighted by molar-refractivity contribution is 7.13. The van der Waals surface area contributed by atoms with Crippen LogP contribution in [-0.2, 0) is 9.53 Å². The molecule has 1 aliphatic rings. The molecule has 1 aromatic carbocycles. The summed E-state index contributed by atoms with van der Waals surface area (Å²) in [4.78, 5) is 18.5. The predicted octanol–water partition coefficient (Wildman–Crippen LogP) is 3.32. The molecule has 0 aliphatic carbocycles. The number of fused-ring (bicyclic) bond motifs is 1. The van der Waals surface area contributed by atoms with Crippen molar-refractivity contribution in [1.82, 2.24) is 4.98 Å². The van der Waals surface area contributed by atoms with E-state index in [1.54, 1.807) is 0 Å². The maximum atomic E-state index is 12.1. The number of carbonyl (C=O) groups is 1. The molecule has 0 saturated carbocycles. The zero-order valence-corrected chi connectivity index (χ0v) is 15.3. The van der Waals surface area contributed by atoms with Crippen LogP contribution in [0.2, 0.25) is 0 Å². The second-order valence-corrected chi connectivity index (χ2v) is 7.03. The number of thiazole rings is 1. The molecule has 3 rings (SSSR count). The summed E-state index contributed by atoms with van der Waals surface area (Å²) in [7, 11) is 0. The number of anilines is 2. The van der Waals surface area contributed by atoms with E-state index in [1.165, 1.54) is 11.3 Å². The van der Waals surface area contributed by atoms with Gasteiger partial charge in [0, 0.05) is 10.9 Å². The summed E-state index contributed by atoms with van der Waals surface area (Å²) in [6.45, 7) is 5.39. The average molecular weight is 361 g/mol. The Balaban J connectivity index is 1.80. The van der Waals surface area contributed by atoms with Crippen molar-refractivity contribution in [2.45, 2.75) is 32.8 Å². The highest BCUT2D eigenvalue weighted by Crippen LogP contribution is 2.37. The van der Waals surface area contributed by atoms with Gasteiger partial charge >= 0.3 is 5.97 Å². The van der Waals surface area contributed by atoms with Gasteiger partial charge in [0.05, 0.1) is 24.5 Å². The van der Waals surface area contributed by atoms with Gasteiger partial charge in [0.25, 0.3) is 0 Å². The molecule has 1 aliphatic heterocycles.